The number of amides is 1. The van der Waals surface area contributed by atoms with Crippen molar-refractivity contribution in [2.45, 2.75) is 13.3 Å². The van der Waals surface area contributed by atoms with E-state index in [-0.39, 0.29) is 5.91 Å². The number of aryl methyl sites for hydroxylation is 1. The highest BCUT2D eigenvalue weighted by atomic mass is 16.3. The fourth-order valence-electron chi connectivity index (χ4n) is 3.32. The van der Waals surface area contributed by atoms with Gasteiger partial charge in [-0.25, -0.2) is 4.98 Å². The molecule has 0 atom stereocenters. The fraction of sp³-hybridized carbons (Fsp3) is 0.316. The van der Waals surface area contributed by atoms with Crippen molar-refractivity contribution in [2.75, 3.05) is 31.1 Å². The lowest BCUT2D eigenvalue weighted by molar-refractivity contribution is 0.0766. The van der Waals surface area contributed by atoms with Crippen LogP contribution < -0.4 is 4.90 Å². The number of hydrogen-bond donors (Lipinski definition) is 0. The predicted molar refractivity (Wildman–Crippen MR) is 95.7 cm³/mol. The lowest BCUT2D eigenvalue weighted by Crippen LogP contribution is -2.35. The first kappa shape index (κ1) is 15.6. The molecule has 128 valence electrons. The number of nitrogens with zero attached hydrogens (tertiary/aromatic N) is 4. The molecule has 4 heterocycles. The van der Waals surface area contributed by atoms with Crippen molar-refractivity contribution in [3.05, 3.63) is 54.2 Å². The monoisotopic (exact) mass is 336 g/mol. The lowest BCUT2D eigenvalue weighted by Gasteiger charge is -2.23. The second-order valence-electron chi connectivity index (χ2n) is 6.35. The van der Waals surface area contributed by atoms with Gasteiger partial charge in [-0.15, -0.1) is 0 Å². The molecule has 6 nitrogen and oxygen atoms in total. The molecule has 1 saturated heterocycles. The standard InChI is InChI=1S/C19H20N4O2/c1-14-11-15(13-20-12-14)19(24)23-7-2-6-22(8-9-23)18-16-4-10-25-17(16)3-5-21-18/h3-5,10-13H,2,6-9H2,1H3. The number of fused-ring (bicyclic) bond motifs is 1. The van der Waals surface area contributed by atoms with Gasteiger partial charge in [0.05, 0.1) is 17.2 Å². The van der Waals surface area contributed by atoms with Crippen LogP contribution in [0.2, 0.25) is 0 Å². The Morgan fingerprint density at radius 2 is 2.08 bits per heavy atom. The molecule has 0 bridgehead atoms. The topological polar surface area (TPSA) is 62.5 Å². The predicted octanol–water partition coefficient (Wildman–Crippen LogP) is 2.88. The number of carbonyl (C=O) groups is 1. The minimum absolute atomic E-state index is 0.0486. The summed E-state index contributed by atoms with van der Waals surface area (Å²) < 4.78 is 5.47. The summed E-state index contributed by atoms with van der Waals surface area (Å²) in [4.78, 5) is 25.6. The molecule has 1 fully saturated rings. The Balaban J connectivity index is 1.52. The van der Waals surface area contributed by atoms with E-state index in [9.17, 15) is 4.79 Å². The van der Waals surface area contributed by atoms with Crippen molar-refractivity contribution in [3.8, 4) is 0 Å². The van der Waals surface area contributed by atoms with Crippen LogP contribution in [0.3, 0.4) is 0 Å². The third-order valence-corrected chi connectivity index (χ3v) is 4.56. The molecule has 0 radical (unpaired) electrons. The number of carbonyl (C=O) groups excluding carboxylic acids is 1. The molecule has 3 aromatic heterocycles. The van der Waals surface area contributed by atoms with E-state index in [4.69, 9.17) is 4.42 Å². The summed E-state index contributed by atoms with van der Waals surface area (Å²) in [6, 6.07) is 5.72. The van der Waals surface area contributed by atoms with Gasteiger partial charge in [0, 0.05) is 44.8 Å². The minimum Gasteiger partial charge on any atom is -0.464 e. The van der Waals surface area contributed by atoms with Crippen LogP contribution in [-0.4, -0.2) is 47.0 Å². The maximum absolute atomic E-state index is 12.8. The molecule has 0 N–H and O–H groups in total. The van der Waals surface area contributed by atoms with Crippen molar-refractivity contribution < 1.29 is 9.21 Å². The van der Waals surface area contributed by atoms with E-state index in [0.29, 0.717) is 12.1 Å². The van der Waals surface area contributed by atoms with E-state index in [0.717, 1.165) is 48.4 Å². The molecule has 6 heteroatoms. The molecule has 0 aromatic carbocycles. The highest BCUT2D eigenvalue weighted by Crippen LogP contribution is 2.26. The van der Waals surface area contributed by atoms with Gasteiger partial charge >= 0.3 is 0 Å². The molecule has 1 aliphatic rings. The van der Waals surface area contributed by atoms with Crippen LogP contribution >= 0.6 is 0 Å². The molecular weight excluding hydrogens is 316 g/mol. The Kier molecular flexibility index (Phi) is 4.09. The molecule has 3 aromatic rings. The third-order valence-electron chi connectivity index (χ3n) is 4.56. The third kappa shape index (κ3) is 3.07. The number of pyridine rings is 2. The molecule has 0 saturated carbocycles. The molecule has 0 aliphatic carbocycles. The van der Waals surface area contributed by atoms with Gasteiger partial charge in [-0.2, -0.15) is 0 Å². The molecule has 0 unspecified atom stereocenters. The molecule has 25 heavy (non-hydrogen) atoms. The molecule has 1 aliphatic heterocycles. The number of furan rings is 1. The van der Waals surface area contributed by atoms with E-state index in [2.05, 4.69) is 14.9 Å². The average molecular weight is 336 g/mol. The largest absolute Gasteiger partial charge is 0.464 e. The van der Waals surface area contributed by atoms with Crippen LogP contribution in [0.25, 0.3) is 11.0 Å². The van der Waals surface area contributed by atoms with Gasteiger partial charge in [0.2, 0.25) is 0 Å². The average Bonchev–Trinajstić information content (AvgIpc) is 2.98. The zero-order valence-electron chi connectivity index (χ0n) is 14.2. The van der Waals surface area contributed by atoms with Gasteiger partial charge in [-0.05, 0) is 37.1 Å². The number of rotatable bonds is 2. The first-order valence-electron chi connectivity index (χ1n) is 8.50. The Hall–Kier alpha value is -2.89. The molecular formula is C19H20N4O2. The SMILES string of the molecule is Cc1cncc(C(=O)N2CCCN(c3nccc4occc34)CC2)c1. The summed E-state index contributed by atoms with van der Waals surface area (Å²) in [6.45, 7) is 4.98. The summed E-state index contributed by atoms with van der Waals surface area (Å²) in [5, 5.41) is 1.02. The van der Waals surface area contributed by atoms with Crippen LogP contribution in [-0.2, 0) is 0 Å². The molecule has 4 rings (SSSR count). The number of hydrogen-bond acceptors (Lipinski definition) is 5. The minimum atomic E-state index is 0.0486. The molecule has 0 spiro atoms. The Bertz CT molecular complexity index is 905. The van der Waals surface area contributed by atoms with Gasteiger partial charge in [-0.3, -0.25) is 9.78 Å². The van der Waals surface area contributed by atoms with Crippen molar-refractivity contribution >= 4 is 22.7 Å². The van der Waals surface area contributed by atoms with Gasteiger partial charge < -0.3 is 14.2 Å². The summed E-state index contributed by atoms with van der Waals surface area (Å²) >= 11 is 0. The highest BCUT2D eigenvalue weighted by Gasteiger charge is 2.22. The van der Waals surface area contributed by atoms with Crippen molar-refractivity contribution in [3.63, 3.8) is 0 Å². The van der Waals surface area contributed by atoms with Crippen LogP contribution in [0.4, 0.5) is 5.82 Å². The van der Waals surface area contributed by atoms with Gasteiger partial charge in [0.1, 0.15) is 11.4 Å². The van der Waals surface area contributed by atoms with Gasteiger partial charge in [-0.1, -0.05) is 0 Å². The number of anilines is 1. The summed E-state index contributed by atoms with van der Waals surface area (Å²) in [7, 11) is 0. The quantitative estimate of drug-likeness (QED) is 0.720. The zero-order chi connectivity index (χ0) is 17.2. The maximum atomic E-state index is 12.8. The normalized spacial score (nSPS) is 15.4. The Morgan fingerprint density at radius 1 is 1.16 bits per heavy atom. The summed E-state index contributed by atoms with van der Waals surface area (Å²) in [6.07, 6.45) is 7.77. The van der Waals surface area contributed by atoms with E-state index >= 15 is 0 Å². The highest BCUT2D eigenvalue weighted by molar-refractivity contribution is 5.94. The second kappa shape index (κ2) is 6.55. The molecule has 1 amide bonds. The van der Waals surface area contributed by atoms with Gasteiger partial charge in [0.15, 0.2) is 0 Å². The first-order chi connectivity index (χ1) is 12.2. The van der Waals surface area contributed by atoms with Crippen LogP contribution in [0, 0.1) is 6.92 Å². The van der Waals surface area contributed by atoms with E-state index in [1.165, 1.54) is 0 Å². The van der Waals surface area contributed by atoms with Gasteiger partial charge in [0.25, 0.3) is 5.91 Å². The van der Waals surface area contributed by atoms with Crippen molar-refractivity contribution in [1.82, 2.24) is 14.9 Å². The number of aromatic nitrogens is 2. The van der Waals surface area contributed by atoms with E-state index < -0.39 is 0 Å². The van der Waals surface area contributed by atoms with Crippen molar-refractivity contribution in [2.24, 2.45) is 0 Å². The van der Waals surface area contributed by atoms with Crippen LogP contribution in [0.15, 0.2) is 47.5 Å². The van der Waals surface area contributed by atoms with E-state index in [1.807, 2.05) is 30.0 Å². The fourth-order valence-corrected chi connectivity index (χ4v) is 3.32. The summed E-state index contributed by atoms with van der Waals surface area (Å²) in [5.41, 5.74) is 2.50. The Labute approximate surface area is 146 Å². The lowest BCUT2D eigenvalue weighted by atomic mass is 10.2. The zero-order valence-corrected chi connectivity index (χ0v) is 14.2. The van der Waals surface area contributed by atoms with Crippen LogP contribution in [0.5, 0.6) is 0 Å². The first-order valence-corrected chi connectivity index (χ1v) is 8.50. The summed E-state index contributed by atoms with van der Waals surface area (Å²) in [5.74, 6) is 0.977. The Morgan fingerprint density at radius 3 is 2.96 bits per heavy atom. The van der Waals surface area contributed by atoms with Crippen molar-refractivity contribution in [1.29, 1.82) is 0 Å². The van der Waals surface area contributed by atoms with Crippen LogP contribution in [0.1, 0.15) is 22.3 Å². The second-order valence-corrected chi connectivity index (χ2v) is 6.35. The smallest absolute Gasteiger partial charge is 0.255 e. The maximum Gasteiger partial charge on any atom is 0.255 e. The van der Waals surface area contributed by atoms with E-state index in [1.54, 1.807) is 24.9 Å².